The Labute approximate surface area is 265 Å². The Hall–Kier alpha value is -5.53. The minimum atomic E-state index is 0.0245. The molecule has 1 nitrogen and oxygen atoms in total. The second-order valence-electron chi connectivity index (χ2n) is 12.4. The van der Waals surface area contributed by atoms with Crippen LogP contribution in [0.5, 0.6) is 0 Å². The van der Waals surface area contributed by atoms with Crippen LogP contribution in [0.4, 0.5) is 0 Å². The molecule has 214 valence electrons. The maximum absolute atomic E-state index is 5.14. The molecule has 0 N–H and O–H groups in total. The SMILES string of the molecule is CC1(C)c2ccccc2-c2cc(-c3ccc(-c4cccc(-c5cc(-c6ccccc6)cc(-c6ccccc6)n5)c4)cc3)ccc21. The maximum atomic E-state index is 5.14. The average Bonchev–Trinajstić information content (AvgIpc) is 3.34. The van der Waals surface area contributed by atoms with Gasteiger partial charge in [0.1, 0.15) is 0 Å². The van der Waals surface area contributed by atoms with Crippen molar-refractivity contribution in [3.63, 3.8) is 0 Å². The molecule has 0 amide bonds. The fourth-order valence-corrected chi connectivity index (χ4v) is 6.85. The summed E-state index contributed by atoms with van der Waals surface area (Å²) >= 11 is 0. The normalized spacial score (nSPS) is 12.8. The molecule has 7 aromatic rings. The lowest BCUT2D eigenvalue weighted by molar-refractivity contribution is 0.660. The van der Waals surface area contributed by atoms with E-state index in [1.807, 2.05) is 6.07 Å². The fourth-order valence-electron chi connectivity index (χ4n) is 6.85. The van der Waals surface area contributed by atoms with E-state index >= 15 is 0 Å². The van der Waals surface area contributed by atoms with Gasteiger partial charge in [-0.3, -0.25) is 0 Å². The van der Waals surface area contributed by atoms with Crippen molar-refractivity contribution in [2.24, 2.45) is 0 Å². The Morgan fingerprint density at radius 2 is 0.822 bits per heavy atom. The first-order valence-corrected chi connectivity index (χ1v) is 15.6. The molecule has 1 aromatic heterocycles. The highest BCUT2D eigenvalue weighted by atomic mass is 14.7. The lowest BCUT2D eigenvalue weighted by Gasteiger charge is -2.21. The zero-order valence-electron chi connectivity index (χ0n) is 25.5. The average molecular weight is 576 g/mol. The molecule has 0 bridgehead atoms. The van der Waals surface area contributed by atoms with Crippen molar-refractivity contribution in [3.8, 4) is 67.0 Å². The van der Waals surface area contributed by atoms with E-state index in [0.29, 0.717) is 0 Å². The van der Waals surface area contributed by atoms with Gasteiger partial charge in [0, 0.05) is 16.5 Å². The number of benzene rings is 6. The smallest absolute Gasteiger partial charge is 0.0715 e. The molecule has 1 aliphatic carbocycles. The van der Waals surface area contributed by atoms with Crippen LogP contribution in [-0.4, -0.2) is 4.98 Å². The van der Waals surface area contributed by atoms with Crippen molar-refractivity contribution in [1.82, 2.24) is 4.98 Å². The summed E-state index contributed by atoms with van der Waals surface area (Å²) in [6.45, 7) is 4.66. The molecule has 8 rings (SSSR count). The minimum Gasteiger partial charge on any atom is -0.248 e. The van der Waals surface area contributed by atoms with Crippen LogP contribution in [-0.2, 0) is 5.41 Å². The monoisotopic (exact) mass is 575 g/mol. The van der Waals surface area contributed by atoms with Gasteiger partial charge in [0.25, 0.3) is 0 Å². The number of rotatable bonds is 5. The highest BCUT2D eigenvalue weighted by molar-refractivity contribution is 5.85. The third kappa shape index (κ3) is 4.87. The van der Waals surface area contributed by atoms with Crippen LogP contribution in [0.2, 0.25) is 0 Å². The summed E-state index contributed by atoms with van der Waals surface area (Å²) in [5.74, 6) is 0. The molecule has 0 radical (unpaired) electrons. The van der Waals surface area contributed by atoms with Crippen molar-refractivity contribution in [2.75, 3.05) is 0 Å². The fraction of sp³-hybridized carbons (Fsp3) is 0.0682. The summed E-state index contributed by atoms with van der Waals surface area (Å²) < 4.78 is 0. The number of hydrogen-bond donors (Lipinski definition) is 0. The van der Waals surface area contributed by atoms with Gasteiger partial charge in [0.2, 0.25) is 0 Å². The molecule has 0 fully saturated rings. The van der Waals surface area contributed by atoms with Crippen molar-refractivity contribution in [3.05, 3.63) is 175 Å². The van der Waals surface area contributed by atoms with Gasteiger partial charge in [-0.15, -0.1) is 0 Å². The first-order valence-electron chi connectivity index (χ1n) is 15.6. The van der Waals surface area contributed by atoms with E-state index in [2.05, 4.69) is 172 Å². The molecular formula is C44H33N. The summed E-state index contributed by atoms with van der Waals surface area (Å²) in [6, 6.07) is 58.9. The molecular weight excluding hydrogens is 542 g/mol. The lowest BCUT2D eigenvalue weighted by Crippen LogP contribution is -2.14. The number of aromatic nitrogens is 1. The Balaban J connectivity index is 1.14. The molecule has 0 saturated carbocycles. The third-order valence-corrected chi connectivity index (χ3v) is 9.30. The Morgan fingerprint density at radius 1 is 0.333 bits per heavy atom. The van der Waals surface area contributed by atoms with E-state index in [4.69, 9.17) is 4.98 Å². The van der Waals surface area contributed by atoms with Crippen LogP contribution in [0.3, 0.4) is 0 Å². The van der Waals surface area contributed by atoms with Crippen molar-refractivity contribution in [2.45, 2.75) is 19.3 Å². The van der Waals surface area contributed by atoms with Crippen LogP contribution in [0.1, 0.15) is 25.0 Å². The molecule has 45 heavy (non-hydrogen) atoms. The molecule has 0 aliphatic heterocycles. The zero-order valence-corrected chi connectivity index (χ0v) is 25.5. The number of pyridine rings is 1. The number of hydrogen-bond acceptors (Lipinski definition) is 1. The van der Waals surface area contributed by atoms with E-state index in [9.17, 15) is 0 Å². The second-order valence-corrected chi connectivity index (χ2v) is 12.4. The third-order valence-electron chi connectivity index (χ3n) is 9.30. The molecule has 1 heteroatoms. The van der Waals surface area contributed by atoms with Crippen LogP contribution in [0, 0.1) is 0 Å². The molecule has 0 spiro atoms. The van der Waals surface area contributed by atoms with Crippen LogP contribution >= 0.6 is 0 Å². The predicted molar refractivity (Wildman–Crippen MR) is 189 cm³/mol. The lowest BCUT2D eigenvalue weighted by atomic mass is 9.82. The van der Waals surface area contributed by atoms with Gasteiger partial charge in [-0.2, -0.15) is 0 Å². The van der Waals surface area contributed by atoms with E-state index in [0.717, 1.165) is 28.1 Å². The van der Waals surface area contributed by atoms with Gasteiger partial charge in [-0.1, -0.05) is 153 Å². The molecule has 0 unspecified atom stereocenters. The van der Waals surface area contributed by atoms with E-state index in [1.54, 1.807) is 0 Å². The van der Waals surface area contributed by atoms with Gasteiger partial charge in [0.15, 0.2) is 0 Å². The van der Waals surface area contributed by atoms with Gasteiger partial charge in [-0.25, -0.2) is 4.98 Å². The van der Waals surface area contributed by atoms with Crippen molar-refractivity contribution < 1.29 is 0 Å². The van der Waals surface area contributed by atoms with Gasteiger partial charge in [0.05, 0.1) is 11.4 Å². The molecule has 1 heterocycles. The largest absolute Gasteiger partial charge is 0.248 e. The van der Waals surface area contributed by atoms with E-state index in [1.165, 1.54) is 50.1 Å². The first-order chi connectivity index (χ1) is 22.0. The first kappa shape index (κ1) is 27.0. The molecule has 0 atom stereocenters. The summed E-state index contributed by atoms with van der Waals surface area (Å²) in [7, 11) is 0. The summed E-state index contributed by atoms with van der Waals surface area (Å²) in [5, 5.41) is 0. The Morgan fingerprint density at radius 3 is 1.53 bits per heavy atom. The van der Waals surface area contributed by atoms with Gasteiger partial charge < -0.3 is 0 Å². The Kier molecular flexibility index (Phi) is 6.54. The summed E-state index contributed by atoms with van der Waals surface area (Å²) in [6.07, 6.45) is 0. The van der Waals surface area contributed by atoms with Crippen molar-refractivity contribution >= 4 is 0 Å². The van der Waals surface area contributed by atoms with E-state index in [-0.39, 0.29) is 5.41 Å². The van der Waals surface area contributed by atoms with E-state index < -0.39 is 0 Å². The van der Waals surface area contributed by atoms with Crippen LogP contribution in [0.25, 0.3) is 67.0 Å². The van der Waals surface area contributed by atoms with Gasteiger partial charge in [-0.05, 0) is 79.9 Å². The predicted octanol–water partition coefficient (Wildman–Crippen LogP) is 11.7. The second kappa shape index (κ2) is 10.9. The standard InChI is InChI=1S/C44H33N/c1-44(2)40-19-10-9-18-38(40)39-27-35(24-25-41(39)44)32-22-20-31(21-23-32)34-16-11-17-36(26-34)43-29-37(30-12-5-3-6-13-30)28-42(45-43)33-14-7-4-8-15-33/h3-29H,1-2H3. The Bertz CT molecular complexity index is 2100. The minimum absolute atomic E-state index is 0.0245. The zero-order chi connectivity index (χ0) is 30.4. The van der Waals surface area contributed by atoms with Crippen molar-refractivity contribution in [1.29, 1.82) is 0 Å². The molecule has 1 aliphatic rings. The number of nitrogens with zero attached hydrogens (tertiary/aromatic N) is 1. The summed E-state index contributed by atoms with van der Waals surface area (Å²) in [5.41, 5.74) is 16.9. The number of fused-ring (bicyclic) bond motifs is 3. The quantitative estimate of drug-likeness (QED) is 0.199. The van der Waals surface area contributed by atoms with Crippen LogP contribution in [0.15, 0.2) is 164 Å². The highest BCUT2D eigenvalue weighted by Gasteiger charge is 2.35. The van der Waals surface area contributed by atoms with Gasteiger partial charge >= 0.3 is 0 Å². The topological polar surface area (TPSA) is 12.9 Å². The highest BCUT2D eigenvalue weighted by Crippen LogP contribution is 2.49. The summed E-state index contributed by atoms with van der Waals surface area (Å²) in [4.78, 5) is 5.14. The maximum Gasteiger partial charge on any atom is 0.0715 e. The molecule has 6 aromatic carbocycles. The molecule has 0 saturated heterocycles. The van der Waals surface area contributed by atoms with Crippen LogP contribution < -0.4 is 0 Å².